The van der Waals surface area contributed by atoms with Gasteiger partial charge < -0.3 is 15.0 Å². The first-order valence-corrected chi connectivity index (χ1v) is 13.3. The summed E-state index contributed by atoms with van der Waals surface area (Å²) in [6, 6.07) is 9.65. The SMILES string of the molecule is Cc1ccc(NC(=O)C23CC4CC5CC(C2)C53C4)cc1OC1CCN(C(=O)c2cccnc2)CC1. The fourth-order valence-electron chi connectivity index (χ4n) is 8.66. The Morgan fingerprint density at radius 3 is 2.69 bits per heavy atom. The average molecular weight is 472 g/mol. The van der Waals surface area contributed by atoms with E-state index >= 15 is 0 Å². The molecule has 2 aromatic rings. The molecule has 7 rings (SSSR count). The molecule has 1 aromatic carbocycles. The summed E-state index contributed by atoms with van der Waals surface area (Å²) in [4.78, 5) is 32.2. The van der Waals surface area contributed by atoms with Crippen molar-refractivity contribution < 1.29 is 14.3 Å². The van der Waals surface area contributed by atoms with Gasteiger partial charge in [-0.3, -0.25) is 14.6 Å². The number of ether oxygens (including phenoxy) is 1. The van der Waals surface area contributed by atoms with Gasteiger partial charge in [0.05, 0.1) is 11.0 Å². The van der Waals surface area contributed by atoms with Gasteiger partial charge in [-0.05, 0) is 86.0 Å². The van der Waals surface area contributed by atoms with Gasteiger partial charge >= 0.3 is 0 Å². The van der Waals surface area contributed by atoms with Gasteiger partial charge in [0.25, 0.3) is 5.91 Å². The lowest BCUT2D eigenvalue weighted by Gasteiger charge is -2.71. The van der Waals surface area contributed by atoms with Gasteiger partial charge in [0, 0.05) is 50.1 Å². The van der Waals surface area contributed by atoms with Crippen LogP contribution in [0.2, 0.25) is 0 Å². The van der Waals surface area contributed by atoms with Gasteiger partial charge in [0.15, 0.2) is 0 Å². The molecule has 1 saturated heterocycles. The molecule has 1 N–H and O–H groups in total. The molecule has 0 radical (unpaired) electrons. The number of nitrogens with one attached hydrogen (secondary N) is 1. The Morgan fingerprint density at radius 1 is 1.09 bits per heavy atom. The molecule has 5 aliphatic rings. The summed E-state index contributed by atoms with van der Waals surface area (Å²) in [5.74, 6) is 3.49. The number of hydrogen-bond acceptors (Lipinski definition) is 4. The maximum Gasteiger partial charge on any atom is 0.255 e. The summed E-state index contributed by atoms with van der Waals surface area (Å²) in [5.41, 5.74) is 2.77. The van der Waals surface area contributed by atoms with Crippen molar-refractivity contribution in [3.05, 3.63) is 53.9 Å². The maximum atomic E-state index is 13.6. The summed E-state index contributed by atoms with van der Waals surface area (Å²) in [7, 11) is 0. The number of anilines is 1. The van der Waals surface area contributed by atoms with Crippen molar-refractivity contribution in [3.63, 3.8) is 0 Å². The van der Waals surface area contributed by atoms with Crippen LogP contribution in [0.3, 0.4) is 0 Å². The topological polar surface area (TPSA) is 71.5 Å². The number of amides is 2. The van der Waals surface area contributed by atoms with E-state index in [2.05, 4.69) is 10.3 Å². The second kappa shape index (κ2) is 7.55. The van der Waals surface area contributed by atoms with Crippen LogP contribution < -0.4 is 10.1 Å². The molecule has 1 aromatic heterocycles. The summed E-state index contributed by atoms with van der Waals surface area (Å²) in [6.45, 7) is 3.38. The quantitative estimate of drug-likeness (QED) is 0.678. The van der Waals surface area contributed by atoms with Gasteiger partial charge in [0.1, 0.15) is 11.9 Å². The van der Waals surface area contributed by atoms with Crippen molar-refractivity contribution in [2.24, 2.45) is 28.6 Å². The lowest BCUT2D eigenvalue weighted by Crippen LogP contribution is -2.70. The molecule has 2 heterocycles. The van der Waals surface area contributed by atoms with Gasteiger partial charge in [0.2, 0.25) is 5.91 Å². The van der Waals surface area contributed by atoms with Gasteiger partial charge in [-0.2, -0.15) is 0 Å². The molecular weight excluding hydrogens is 438 g/mol. The van der Waals surface area contributed by atoms with Crippen LogP contribution in [0.5, 0.6) is 5.75 Å². The number of fused-ring (bicyclic) bond motifs is 1. The zero-order valence-corrected chi connectivity index (χ0v) is 20.3. The number of aryl methyl sites for hydroxylation is 1. The van der Waals surface area contributed by atoms with Crippen LogP contribution in [-0.4, -0.2) is 40.9 Å². The smallest absolute Gasteiger partial charge is 0.255 e. The van der Waals surface area contributed by atoms with Gasteiger partial charge in [-0.15, -0.1) is 0 Å². The Labute approximate surface area is 206 Å². The lowest BCUT2D eigenvalue weighted by molar-refractivity contribution is -0.233. The Bertz CT molecular complexity index is 1190. The molecule has 5 atom stereocenters. The number of likely N-dealkylation sites (tertiary alicyclic amines) is 1. The zero-order valence-electron chi connectivity index (χ0n) is 20.3. The van der Waals surface area contributed by atoms with E-state index in [0.717, 1.165) is 60.4 Å². The predicted molar refractivity (Wildman–Crippen MR) is 132 cm³/mol. The van der Waals surface area contributed by atoms with Crippen LogP contribution in [0.4, 0.5) is 5.69 Å². The Morgan fingerprint density at radius 2 is 1.94 bits per heavy atom. The second-order valence-electron chi connectivity index (χ2n) is 11.8. The highest BCUT2D eigenvalue weighted by molar-refractivity contribution is 5.98. The fraction of sp³-hybridized carbons (Fsp3) is 0.552. The third kappa shape index (κ3) is 2.98. The maximum absolute atomic E-state index is 13.6. The number of hydrogen-bond donors (Lipinski definition) is 1. The third-order valence-corrected chi connectivity index (χ3v) is 10.2. The largest absolute Gasteiger partial charge is 0.490 e. The first-order valence-electron chi connectivity index (χ1n) is 13.3. The van der Waals surface area contributed by atoms with E-state index in [4.69, 9.17) is 4.74 Å². The van der Waals surface area contributed by atoms with Crippen molar-refractivity contribution in [2.45, 2.75) is 58.0 Å². The van der Waals surface area contributed by atoms with Gasteiger partial charge in [-0.25, -0.2) is 0 Å². The molecule has 4 aliphatic carbocycles. The first-order chi connectivity index (χ1) is 17.0. The van der Waals surface area contributed by atoms with E-state index in [1.807, 2.05) is 36.1 Å². The van der Waals surface area contributed by atoms with E-state index in [0.29, 0.717) is 24.1 Å². The number of carbonyl (C=O) groups is 2. The van der Waals surface area contributed by atoms with Crippen molar-refractivity contribution >= 4 is 17.5 Å². The second-order valence-corrected chi connectivity index (χ2v) is 11.8. The standard InChI is InChI=1S/C29H33N3O3/c1-18-4-5-23(31-27(34)28-14-19-11-21-12-22(16-28)29(21,28)15-19)13-25(18)35-24-6-9-32(10-7-24)26(33)20-3-2-8-30-17-20/h2-5,8,13,17,19,21-22,24H,6-7,9-12,14-16H2,1H3,(H,31,34). The summed E-state index contributed by atoms with van der Waals surface area (Å²) >= 11 is 0. The first kappa shape index (κ1) is 21.4. The van der Waals surface area contributed by atoms with E-state index in [9.17, 15) is 9.59 Å². The number of nitrogens with zero attached hydrogens (tertiary/aromatic N) is 2. The molecule has 5 unspecified atom stereocenters. The monoisotopic (exact) mass is 471 g/mol. The molecule has 5 fully saturated rings. The average Bonchev–Trinajstić information content (AvgIpc) is 3.37. The van der Waals surface area contributed by atoms with E-state index in [1.165, 1.54) is 19.3 Å². The number of rotatable bonds is 5. The summed E-state index contributed by atoms with van der Waals surface area (Å²) < 4.78 is 6.40. The fourth-order valence-corrected chi connectivity index (χ4v) is 8.66. The number of pyridine rings is 1. The van der Waals surface area contributed by atoms with Crippen molar-refractivity contribution in [3.8, 4) is 5.75 Å². The van der Waals surface area contributed by atoms with Crippen LogP contribution in [-0.2, 0) is 4.79 Å². The van der Waals surface area contributed by atoms with Crippen molar-refractivity contribution in [1.29, 1.82) is 0 Å². The summed E-state index contributed by atoms with van der Waals surface area (Å²) in [6.07, 6.45) is 11.1. The highest BCUT2D eigenvalue weighted by Gasteiger charge is 2.82. The molecule has 2 bridgehead atoms. The number of benzene rings is 1. The van der Waals surface area contributed by atoms with E-state index < -0.39 is 0 Å². The van der Waals surface area contributed by atoms with Gasteiger partial charge in [-0.1, -0.05) is 6.07 Å². The lowest BCUT2D eigenvalue weighted by atomic mass is 9.32. The minimum absolute atomic E-state index is 0.0313. The van der Waals surface area contributed by atoms with Crippen LogP contribution in [0.25, 0.3) is 0 Å². The minimum Gasteiger partial charge on any atom is -0.490 e. The highest BCUT2D eigenvalue weighted by atomic mass is 16.5. The van der Waals surface area contributed by atoms with E-state index in [1.54, 1.807) is 18.5 Å². The number of carbonyl (C=O) groups excluding carboxylic acids is 2. The molecule has 1 spiro atoms. The molecular formula is C29H33N3O3. The molecule has 182 valence electrons. The Kier molecular flexibility index (Phi) is 4.62. The minimum atomic E-state index is -0.108. The van der Waals surface area contributed by atoms with Crippen molar-refractivity contribution in [1.82, 2.24) is 9.88 Å². The van der Waals surface area contributed by atoms with Crippen LogP contribution in [0.1, 0.15) is 60.9 Å². The zero-order chi connectivity index (χ0) is 23.8. The van der Waals surface area contributed by atoms with Crippen LogP contribution in [0.15, 0.2) is 42.7 Å². The van der Waals surface area contributed by atoms with Crippen molar-refractivity contribution in [2.75, 3.05) is 18.4 Å². The van der Waals surface area contributed by atoms with Crippen LogP contribution >= 0.6 is 0 Å². The molecule has 4 saturated carbocycles. The number of piperidine rings is 1. The molecule has 1 aliphatic heterocycles. The van der Waals surface area contributed by atoms with E-state index in [-0.39, 0.29) is 23.3 Å². The number of aromatic nitrogens is 1. The summed E-state index contributed by atoms with van der Waals surface area (Å²) in [5, 5.41) is 3.29. The predicted octanol–water partition coefficient (Wildman–Crippen LogP) is 4.84. The Balaban J connectivity index is 0.997. The molecule has 6 heteroatoms. The molecule has 35 heavy (non-hydrogen) atoms. The van der Waals surface area contributed by atoms with Crippen LogP contribution in [0, 0.1) is 35.5 Å². The Hall–Kier alpha value is -2.89. The highest BCUT2D eigenvalue weighted by Crippen LogP contribution is 2.86. The molecule has 2 amide bonds. The molecule has 6 nitrogen and oxygen atoms in total. The third-order valence-electron chi connectivity index (χ3n) is 10.2. The normalized spacial score (nSPS) is 34.5.